The number of benzene rings is 1. The molecule has 0 aliphatic heterocycles. The fourth-order valence-electron chi connectivity index (χ4n) is 1.82. The summed E-state index contributed by atoms with van der Waals surface area (Å²) in [7, 11) is 0. The van der Waals surface area contributed by atoms with Crippen molar-refractivity contribution < 1.29 is 4.74 Å². The fraction of sp³-hybridized carbons (Fsp3) is 0.267. The Balaban J connectivity index is 2.18. The molecule has 0 unspecified atom stereocenters. The van der Waals surface area contributed by atoms with E-state index in [0.717, 1.165) is 29.4 Å². The van der Waals surface area contributed by atoms with Crippen molar-refractivity contribution in [3.8, 4) is 5.75 Å². The van der Waals surface area contributed by atoms with Crippen LogP contribution in [0.1, 0.15) is 13.8 Å². The van der Waals surface area contributed by atoms with E-state index in [1.165, 1.54) is 0 Å². The van der Waals surface area contributed by atoms with Gasteiger partial charge in [0.25, 0.3) is 0 Å². The maximum atomic E-state index is 5.59. The summed E-state index contributed by atoms with van der Waals surface area (Å²) < 4.78 is 5.59. The number of para-hydroxylation sites is 2. The van der Waals surface area contributed by atoms with Gasteiger partial charge in [-0.1, -0.05) is 12.1 Å². The van der Waals surface area contributed by atoms with Crippen LogP contribution in [0.4, 0.5) is 17.1 Å². The zero-order chi connectivity index (χ0) is 13.5. The van der Waals surface area contributed by atoms with E-state index >= 15 is 0 Å². The van der Waals surface area contributed by atoms with Gasteiger partial charge < -0.3 is 15.4 Å². The van der Waals surface area contributed by atoms with Crippen molar-refractivity contribution in [2.24, 2.45) is 0 Å². The number of hydrogen-bond acceptors (Lipinski definition) is 4. The van der Waals surface area contributed by atoms with Crippen molar-refractivity contribution >= 4 is 17.1 Å². The minimum absolute atomic E-state index is 0.647. The van der Waals surface area contributed by atoms with Crippen molar-refractivity contribution in [3.05, 3.63) is 42.7 Å². The first-order chi connectivity index (χ1) is 9.33. The molecule has 2 N–H and O–H groups in total. The molecule has 19 heavy (non-hydrogen) atoms. The molecule has 2 rings (SSSR count). The standard InChI is InChI=1S/C15H19N3O/c1-3-17-12-9-13(11-16-10-12)18-14-7-5-6-8-15(14)19-4-2/h5-11,17-18H,3-4H2,1-2H3. The van der Waals surface area contributed by atoms with Gasteiger partial charge in [0, 0.05) is 6.54 Å². The van der Waals surface area contributed by atoms with Gasteiger partial charge >= 0.3 is 0 Å². The second-order valence-corrected chi connectivity index (χ2v) is 4.05. The van der Waals surface area contributed by atoms with Gasteiger partial charge in [-0.15, -0.1) is 0 Å². The summed E-state index contributed by atoms with van der Waals surface area (Å²) in [6.07, 6.45) is 3.60. The van der Waals surface area contributed by atoms with Crippen LogP contribution in [0.5, 0.6) is 5.75 Å². The van der Waals surface area contributed by atoms with Crippen molar-refractivity contribution in [1.29, 1.82) is 0 Å². The van der Waals surface area contributed by atoms with E-state index in [0.29, 0.717) is 6.61 Å². The van der Waals surface area contributed by atoms with Crippen LogP contribution in [0, 0.1) is 0 Å². The third-order valence-electron chi connectivity index (χ3n) is 2.59. The molecule has 0 fully saturated rings. The predicted molar refractivity (Wildman–Crippen MR) is 79.3 cm³/mol. The molecule has 4 heteroatoms. The van der Waals surface area contributed by atoms with Gasteiger partial charge in [0.15, 0.2) is 0 Å². The average molecular weight is 257 g/mol. The Kier molecular flexibility index (Phi) is 4.61. The first kappa shape index (κ1) is 13.2. The SMILES string of the molecule is CCNc1cncc(Nc2ccccc2OCC)c1. The maximum absolute atomic E-state index is 5.59. The molecule has 0 saturated carbocycles. The lowest BCUT2D eigenvalue weighted by Gasteiger charge is -2.12. The molecule has 4 nitrogen and oxygen atoms in total. The van der Waals surface area contributed by atoms with Crippen molar-refractivity contribution in [2.45, 2.75) is 13.8 Å². The van der Waals surface area contributed by atoms with Crippen LogP contribution in [0.15, 0.2) is 42.7 Å². The Bertz CT molecular complexity index is 528. The number of pyridine rings is 1. The van der Waals surface area contributed by atoms with Crippen molar-refractivity contribution in [1.82, 2.24) is 4.98 Å². The fourth-order valence-corrected chi connectivity index (χ4v) is 1.82. The third-order valence-corrected chi connectivity index (χ3v) is 2.59. The van der Waals surface area contributed by atoms with Crippen LogP contribution in [-0.2, 0) is 0 Å². The van der Waals surface area contributed by atoms with E-state index in [4.69, 9.17) is 4.74 Å². The molecule has 0 spiro atoms. The van der Waals surface area contributed by atoms with Crippen LogP contribution in [0.2, 0.25) is 0 Å². The molecule has 0 aliphatic rings. The molecule has 0 aliphatic carbocycles. The molecule has 0 saturated heterocycles. The zero-order valence-electron chi connectivity index (χ0n) is 11.3. The topological polar surface area (TPSA) is 46.2 Å². The lowest BCUT2D eigenvalue weighted by molar-refractivity contribution is 0.342. The van der Waals surface area contributed by atoms with Crippen LogP contribution < -0.4 is 15.4 Å². The second-order valence-electron chi connectivity index (χ2n) is 4.05. The highest BCUT2D eigenvalue weighted by Gasteiger charge is 2.03. The quantitative estimate of drug-likeness (QED) is 0.829. The average Bonchev–Trinajstić information content (AvgIpc) is 2.42. The molecule has 1 aromatic heterocycles. The summed E-state index contributed by atoms with van der Waals surface area (Å²) in [4.78, 5) is 4.21. The number of aromatic nitrogens is 1. The lowest BCUT2D eigenvalue weighted by Crippen LogP contribution is -2.00. The molecule has 100 valence electrons. The molecule has 1 aromatic carbocycles. The van der Waals surface area contributed by atoms with Gasteiger partial charge in [0.2, 0.25) is 0 Å². The number of rotatable bonds is 6. The highest BCUT2D eigenvalue weighted by molar-refractivity contribution is 5.67. The van der Waals surface area contributed by atoms with Gasteiger partial charge in [-0.05, 0) is 32.0 Å². The van der Waals surface area contributed by atoms with Crippen LogP contribution in [0.25, 0.3) is 0 Å². The zero-order valence-corrected chi connectivity index (χ0v) is 11.3. The van der Waals surface area contributed by atoms with Gasteiger partial charge in [0.05, 0.1) is 36.1 Å². The first-order valence-corrected chi connectivity index (χ1v) is 6.51. The molecular weight excluding hydrogens is 238 g/mol. The number of nitrogens with one attached hydrogen (secondary N) is 2. The summed E-state index contributed by atoms with van der Waals surface area (Å²) in [5, 5.41) is 6.57. The first-order valence-electron chi connectivity index (χ1n) is 6.51. The van der Waals surface area contributed by atoms with Gasteiger partial charge in [-0.2, -0.15) is 0 Å². The summed E-state index contributed by atoms with van der Waals surface area (Å²) >= 11 is 0. The minimum Gasteiger partial charge on any atom is -0.492 e. The second kappa shape index (κ2) is 6.64. The minimum atomic E-state index is 0.647. The van der Waals surface area contributed by atoms with E-state index in [-0.39, 0.29) is 0 Å². The number of nitrogens with zero attached hydrogens (tertiary/aromatic N) is 1. The predicted octanol–water partition coefficient (Wildman–Crippen LogP) is 3.66. The summed E-state index contributed by atoms with van der Waals surface area (Å²) in [5.74, 6) is 0.846. The van der Waals surface area contributed by atoms with Gasteiger partial charge in [0.1, 0.15) is 5.75 Å². The van der Waals surface area contributed by atoms with E-state index < -0.39 is 0 Å². The van der Waals surface area contributed by atoms with Crippen molar-refractivity contribution in [2.75, 3.05) is 23.8 Å². The van der Waals surface area contributed by atoms with E-state index in [2.05, 4.69) is 22.5 Å². The van der Waals surface area contributed by atoms with Gasteiger partial charge in [-0.3, -0.25) is 4.98 Å². The van der Waals surface area contributed by atoms with E-state index in [1.54, 1.807) is 6.20 Å². The van der Waals surface area contributed by atoms with E-state index in [9.17, 15) is 0 Å². The Morgan fingerprint density at radius 3 is 2.68 bits per heavy atom. The van der Waals surface area contributed by atoms with Crippen molar-refractivity contribution in [3.63, 3.8) is 0 Å². The Labute approximate surface area is 113 Å². The summed E-state index contributed by atoms with van der Waals surface area (Å²) in [5.41, 5.74) is 2.88. The normalized spacial score (nSPS) is 10.0. The summed E-state index contributed by atoms with van der Waals surface area (Å²) in [6.45, 7) is 5.56. The Hall–Kier alpha value is -2.23. The highest BCUT2D eigenvalue weighted by Crippen LogP contribution is 2.27. The molecule has 2 aromatic rings. The van der Waals surface area contributed by atoms with E-state index in [1.807, 2.05) is 43.5 Å². The lowest BCUT2D eigenvalue weighted by atomic mass is 10.2. The van der Waals surface area contributed by atoms with Crippen LogP contribution in [-0.4, -0.2) is 18.1 Å². The van der Waals surface area contributed by atoms with Gasteiger partial charge in [-0.25, -0.2) is 0 Å². The third kappa shape index (κ3) is 3.61. The molecule has 1 heterocycles. The largest absolute Gasteiger partial charge is 0.492 e. The number of anilines is 3. The monoisotopic (exact) mass is 257 g/mol. The molecule has 0 bridgehead atoms. The van der Waals surface area contributed by atoms with Crippen LogP contribution in [0.3, 0.4) is 0 Å². The smallest absolute Gasteiger partial charge is 0.142 e. The Morgan fingerprint density at radius 1 is 1.11 bits per heavy atom. The number of hydrogen-bond donors (Lipinski definition) is 2. The van der Waals surface area contributed by atoms with Crippen LogP contribution >= 0.6 is 0 Å². The highest BCUT2D eigenvalue weighted by atomic mass is 16.5. The summed E-state index contributed by atoms with van der Waals surface area (Å²) in [6, 6.07) is 9.91. The maximum Gasteiger partial charge on any atom is 0.142 e. The molecule has 0 amide bonds. The molecule has 0 radical (unpaired) electrons. The molecule has 0 atom stereocenters. The number of ether oxygens (including phenoxy) is 1. The molecular formula is C15H19N3O. The Morgan fingerprint density at radius 2 is 1.89 bits per heavy atom.